The highest BCUT2D eigenvalue weighted by molar-refractivity contribution is 5.97. The number of methoxy groups -OCH3 is 1. The lowest BCUT2D eigenvalue weighted by molar-refractivity contribution is -0.120. The molecule has 1 heterocycles. The van der Waals surface area contributed by atoms with E-state index in [1.54, 1.807) is 12.0 Å². The Labute approximate surface area is 126 Å². The van der Waals surface area contributed by atoms with Gasteiger partial charge in [-0.1, -0.05) is 12.8 Å². The summed E-state index contributed by atoms with van der Waals surface area (Å²) in [6.45, 7) is 0. The zero-order chi connectivity index (χ0) is 14.8. The molecule has 4 nitrogen and oxygen atoms in total. The maximum absolute atomic E-state index is 12.7. The molecule has 1 aromatic rings. The number of nitrogens with zero attached hydrogens (tertiary/aromatic N) is 1. The smallest absolute Gasteiger partial charge is 0.243 e. The maximum atomic E-state index is 12.7. The van der Waals surface area contributed by atoms with Crippen LogP contribution < -0.4 is 15.0 Å². The zero-order valence-electron chi connectivity index (χ0n) is 12.8. The fraction of sp³-hybridized carbons (Fsp3) is 0.588. The first-order valence-corrected chi connectivity index (χ1v) is 7.86. The normalized spacial score (nSPS) is 28.0. The summed E-state index contributed by atoms with van der Waals surface area (Å²) in [5, 5.41) is 3.55. The molecular weight excluding hydrogens is 264 g/mol. The quantitative estimate of drug-likeness (QED) is 0.929. The Bertz CT molecular complexity index is 486. The molecule has 1 saturated heterocycles. The molecule has 2 fully saturated rings. The molecule has 2 aliphatic rings. The van der Waals surface area contributed by atoms with Crippen LogP contribution in [0.25, 0.3) is 0 Å². The largest absolute Gasteiger partial charge is 0.497 e. The molecule has 1 saturated carbocycles. The van der Waals surface area contributed by atoms with E-state index in [1.165, 1.54) is 25.7 Å². The van der Waals surface area contributed by atoms with Gasteiger partial charge in [-0.05, 0) is 49.4 Å². The predicted molar refractivity (Wildman–Crippen MR) is 83.7 cm³/mol. The number of rotatable bonds is 3. The predicted octanol–water partition coefficient (Wildman–Crippen LogP) is 2.58. The third-order valence-corrected chi connectivity index (χ3v) is 4.95. The molecule has 0 spiro atoms. The monoisotopic (exact) mass is 288 g/mol. The average Bonchev–Trinajstić information content (AvgIpc) is 2.97. The van der Waals surface area contributed by atoms with Gasteiger partial charge in [0.05, 0.1) is 13.2 Å². The molecule has 1 N–H and O–H groups in total. The molecule has 3 atom stereocenters. The molecule has 1 aliphatic heterocycles. The van der Waals surface area contributed by atoms with Crippen molar-refractivity contribution in [1.82, 2.24) is 5.32 Å². The van der Waals surface area contributed by atoms with Crippen molar-refractivity contribution in [2.75, 3.05) is 19.1 Å². The number of anilines is 1. The lowest BCUT2D eigenvalue weighted by atomic mass is 9.85. The Kier molecular flexibility index (Phi) is 4.15. The summed E-state index contributed by atoms with van der Waals surface area (Å²) in [5.41, 5.74) is 0.914. The van der Waals surface area contributed by atoms with Crippen molar-refractivity contribution in [3.05, 3.63) is 24.3 Å². The molecule has 1 aromatic carbocycles. The molecular formula is C17H24N2O2. The first-order chi connectivity index (χ1) is 10.2. The number of benzene rings is 1. The number of hydrogen-bond acceptors (Lipinski definition) is 3. The Morgan fingerprint density at radius 3 is 2.62 bits per heavy atom. The topological polar surface area (TPSA) is 41.6 Å². The summed E-state index contributed by atoms with van der Waals surface area (Å²) in [6.07, 6.45) is 6.10. The van der Waals surface area contributed by atoms with Gasteiger partial charge in [0.25, 0.3) is 0 Å². The molecule has 3 rings (SSSR count). The molecule has 0 bridgehead atoms. The van der Waals surface area contributed by atoms with Crippen molar-refractivity contribution < 1.29 is 9.53 Å². The summed E-state index contributed by atoms with van der Waals surface area (Å²) >= 11 is 0. The van der Waals surface area contributed by atoms with Crippen molar-refractivity contribution in [2.45, 2.75) is 44.2 Å². The minimum absolute atomic E-state index is 0.0230. The minimum atomic E-state index is -0.0230. The van der Waals surface area contributed by atoms with E-state index in [0.717, 1.165) is 17.9 Å². The van der Waals surface area contributed by atoms with Gasteiger partial charge in [0.2, 0.25) is 5.91 Å². The SMILES string of the molecule is COc1ccc(N(C)C(=O)C2CC3CCCCC3N2)cc1. The van der Waals surface area contributed by atoms with E-state index in [2.05, 4.69) is 5.32 Å². The zero-order valence-corrected chi connectivity index (χ0v) is 12.8. The summed E-state index contributed by atoms with van der Waals surface area (Å²) in [4.78, 5) is 14.4. The van der Waals surface area contributed by atoms with Crippen LogP contribution in [-0.4, -0.2) is 32.1 Å². The van der Waals surface area contributed by atoms with Crippen molar-refractivity contribution in [3.63, 3.8) is 0 Å². The Morgan fingerprint density at radius 1 is 1.24 bits per heavy atom. The summed E-state index contributed by atoms with van der Waals surface area (Å²) in [7, 11) is 3.50. The van der Waals surface area contributed by atoms with Crippen molar-refractivity contribution >= 4 is 11.6 Å². The lowest BCUT2D eigenvalue weighted by Gasteiger charge is -2.24. The van der Waals surface area contributed by atoms with E-state index in [4.69, 9.17) is 4.74 Å². The van der Waals surface area contributed by atoms with Crippen LogP contribution in [0.5, 0.6) is 5.75 Å². The van der Waals surface area contributed by atoms with Gasteiger partial charge < -0.3 is 15.0 Å². The van der Waals surface area contributed by atoms with Crippen LogP contribution in [0, 0.1) is 5.92 Å². The van der Waals surface area contributed by atoms with Crippen molar-refractivity contribution in [2.24, 2.45) is 5.92 Å². The second-order valence-corrected chi connectivity index (χ2v) is 6.20. The van der Waals surface area contributed by atoms with Crippen LogP contribution in [0.15, 0.2) is 24.3 Å². The van der Waals surface area contributed by atoms with Gasteiger partial charge >= 0.3 is 0 Å². The van der Waals surface area contributed by atoms with E-state index in [1.807, 2.05) is 31.3 Å². The molecule has 114 valence electrons. The van der Waals surface area contributed by atoms with Crippen LogP contribution in [0.2, 0.25) is 0 Å². The van der Waals surface area contributed by atoms with Gasteiger partial charge in [0, 0.05) is 18.8 Å². The van der Waals surface area contributed by atoms with E-state index in [0.29, 0.717) is 12.0 Å². The molecule has 1 aliphatic carbocycles. The fourth-order valence-electron chi connectivity index (χ4n) is 3.68. The average molecular weight is 288 g/mol. The van der Waals surface area contributed by atoms with Gasteiger partial charge in [-0.2, -0.15) is 0 Å². The van der Waals surface area contributed by atoms with Gasteiger partial charge in [-0.25, -0.2) is 0 Å². The van der Waals surface area contributed by atoms with E-state index < -0.39 is 0 Å². The first kappa shape index (κ1) is 14.4. The highest BCUT2D eigenvalue weighted by Gasteiger charge is 2.39. The van der Waals surface area contributed by atoms with Crippen LogP contribution in [0.3, 0.4) is 0 Å². The van der Waals surface area contributed by atoms with Gasteiger partial charge in [-0.3, -0.25) is 4.79 Å². The molecule has 1 amide bonds. The van der Waals surface area contributed by atoms with Gasteiger partial charge in [-0.15, -0.1) is 0 Å². The number of amides is 1. The Hall–Kier alpha value is -1.55. The Balaban J connectivity index is 1.66. The van der Waals surface area contributed by atoms with Crippen molar-refractivity contribution in [1.29, 1.82) is 0 Å². The molecule has 0 aromatic heterocycles. The summed E-state index contributed by atoms with van der Waals surface area (Å²) in [6, 6.07) is 8.17. The minimum Gasteiger partial charge on any atom is -0.497 e. The third kappa shape index (κ3) is 2.91. The number of ether oxygens (including phenoxy) is 1. The van der Waals surface area contributed by atoms with Crippen molar-refractivity contribution in [3.8, 4) is 5.75 Å². The van der Waals surface area contributed by atoms with E-state index >= 15 is 0 Å². The summed E-state index contributed by atoms with van der Waals surface area (Å²) < 4.78 is 5.16. The number of carbonyl (C=O) groups is 1. The standard InChI is InChI=1S/C17H24N2O2/c1-19(13-7-9-14(21-2)10-8-13)17(20)16-11-12-5-3-4-6-15(12)18-16/h7-10,12,15-16,18H,3-6,11H2,1-2H3. The highest BCUT2D eigenvalue weighted by atomic mass is 16.5. The molecule has 4 heteroatoms. The maximum Gasteiger partial charge on any atom is 0.243 e. The third-order valence-electron chi connectivity index (χ3n) is 4.95. The summed E-state index contributed by atoms with van der Waals surface area (Å²) in [5.74, 6) is 1.68. The lowest BCUT2D eigenvalue weighted by Crippen LogP contribution is -2.44. The highest BCUT2D eigenvalue weighted by Crippen LogP contribution is 2.34. The first-order valence-electron chi connectivity index (χ1n) is 7.86. The number of nitrogens with one attached hydrogen (secondary N) is 1. The molecule has 0 radical (unpaired) electrons. The second kappa shape index (κ2) is 6.06. The van der Waals surface area contributed by atoms with Gasteiger partial charge in [0.1, 0.15) is 5.75 Å². The van der Waals surface area contributed by atoms with Crippen LogP contribution >= 0.6 is 0 Å². The molecule has 3 unspecified atom stereocenters. The van der Waals surface area contributed by atoms with Crippen LogP contribution in [0.4, 0.5) is 5.69 Å². The van der Waals surface area contributed by atoms with E-state index in [-0.39, 0.29) is 11.9 Å². The van der Waals surface area contributed by atoms with Gasteiger partial charge in [0.15, 0.2) is 0 Å². The van der Waals surface area contributed by atoms with Crippen LogP contribution in [-0.2, 0) is 4.79 Å². The Morgan fingerprint density at radius 2 is 1.95 bits per heavy atom. The number of fused-ring (bicyclic) bond motifs is 1. The van der Waals surface area contributed by atoms with E-state index in [9.17, 15) is 4.79 Å². The fourth-order valence-corrected chi connectivity index (χ4v) is 3.68. The number of hydrogen-bond donors (Lipinski definition) is 1. The molecule has 21 heavy (non-hydrogen) atoms. The second-order valence-electron chi connectivity index (χ2n) is 6.20. The number of likely N-dealkylation sites (N-methyl/N-ethyl adjacent to an activating group) is 1. The van der Waals surface area contributed by atoms with Crippen LogP contribution in [0.1, 0.15) is 32.1 Å². The number of carbonyl (C=O) groups excluding carboxylic acids is 1.